The Morgan fingerprint density at radius 3 is 2.62 bits per heavy atom. The molecule has 1 aromatic carbocycles. The summed E-state index contributed by atoms with van der Waals surface area (Å²) in [6, 6.07) is 3.48. The molecule has 0 atom stereocenters. The van der Waals surface area contributed by atoms with Gasteiger partial charge in [-0.2, -0.15) is 0 Å². The van der Waals surface area contributed by atoms with E-state index in [-0.39, 0.29) is 13.2 Å². The van der Waals surface area contributed by atoms with E-state index >= 15 is 0 Å². The van der Waals surface area contributed by atoms with Crippen LogP contribution in [0.25, 0.3) is 10.9 Å². The van der Waals surface area contributed by atoms with Crippen LogP contribution in [0.3, 0.4) is 0 Å². The van der Waals surface area contributed by atoms with E-state index in [2.05, 4.69) is 15.9 Å². The van der Waals surface area contributed by atoms with E-state index in [1.165, 1.54) is 6.92 Å². The highest BCUT2D eigenvalue weighted by molar-refractivity contribution is 9.10. The zero-order valence-corrected chi connectivity index (χ0v) is 16.9. The smallest absolute Gasteiger partial charge is 0.340 e. The number of aromatic nitrogens is 1. The number of ether oxygens (including phenoxy) is 2. The van der Waals surface area contributed by atoms with Crippen LogP contribution >= 0.6 is 15.9 Å². The van der Waals surface area contributed by atoms with Crippen LogP contribution in [-0.4, -0.2) is 53.3 Å². The Morgan fingerprint density at radius 1 is 1.35 bits per heavy atom. The molecule has 1 aromatic heterocycles. The van der Waals surface area contributed by atoms with Crippen molar-refractivity contribution in [2.45, 2.75) is 20.4 Å². The number of rotatable bonds is 7. The van der Waals surface area contributed by atoms with Gasteiger partial charge in [0, 0.05) is 38.1 Å². The second-order valence-corrected chi connectivity index (χ2v) is 6.81. The second-order valence-electron chi connectivity index (χ2n) is 5.96. The van der Waals surface area contributed by atoms with Crippen LogP contribution in [0, 0.1) is 0 Å². The van der Waals surface area contributed by atoms with Gasteiger partial charge in [-0.15, -0.1) is 0 Å². The van der Waals surface area contributed by atoms with Gasteiger partial charge < -0.3 is 19.1 Å². The van der Waals surface area contributed by atoms with E-state index in [0.717, 1.165) is 11.2 Å². The van der Waals surface area contributed by atoms with Crippen LogP contribution in [0.1, 0.15) is 29.9 Å². The third-order valence-electron chi connectivity index (χ3n) is 4.01. The van der Waals surface area contributed by atoms with Crippen LogP contribution < -0.4 is 4.74 Å². The number of carbonyl (C=O) groups excluding carboxylic acids is 2. The number of halogens is 1. The standard InChI is InChI=1S/C18H23BrN2O5/c1-5-25-18(24)17-12-8-16(26-11(2)23)13(19)9-14(12)21(4)15(17)10-20(3)6-7-22/h8-9,22H,5-7,10H2,1-4H3. The van der Waals surface area contributed by atoms with Gasteiger partial charge in [-0.05, 0) is 42.0 Å². The van der Waals surface area contributed by atoms with Crippen molar-refractivity contribution in [2.24, 2.45) is 7.05 Å². The third kappa shape index (κ3) is 4.25. The van der Waals surface area contributed by atoms with Gasteiger partial charge in [-0.25, -0.2) is 4.79 Å². The Labute approximate surface area is 160 Å². The minimum Gasteiger partial charge on any atom is -0.462 e. The zero-order chi connectivity index (χ0) is 19.4. The fraction of sp³-hybridized carbons (Fsp3) is 0.444. The van der Waals surface area contributed by atoms with Crippen molar-refractivity contribution in [3.8, 4) is 5.75 Å². The van der Waals surface area contributed by atoms with Gasteiger partial charge in [0.05, 0.1) is 28.8 Å². The molecule has 26 heavy (non-hydrogen) atoms. The molecule has 0 aliphatic heterocycles. The summed E-state index contributed by atoms with van der Waals surface area (Å²) in [4.78, 5) is 25.9. The van der Waals surface area contributed by atoms with E-state index in [0.29, 0.717) is 34.3 Å². The first kappa shape index (κ1) is 20.4. The van der Waals surface area contributed by atoms with E-state index < -0.39 is 11.9 Å². The largest absolute Gasteiger partial charge is 0.462 e. The summed E-state index contributed by atoms with van der Waals surface area (Å²) in [6.45, 7) is 4.29. The molecule has 0 radical (unpaired) electrons. The summed E-state index contributed by atoms with van der Waals surface area (Å²) in [7, 11) is 3.73. The van der Waals surface area contributed by atoms with Gasteiger partial charge in [0.2, 0.25) is 0 Å². The topological polar surface area (TPSA) is 81.0 Å². The molecule has 0 bridgehead atoms. The van der Waals surface area contributed by atoms with Crippen molar-refractivity contribution in [1.29, 1.82) is 0 Å². The summed E-state index contributed by atoms with van der Waals surface area (Å²) < 4.78 is 13.0. The van der Waals surface area contributed by atoms with Crippen LogP contribution in [-0.2, 0) is 23.1 Å². The summed E-state index contributed by atoms with van der Waals surface area (Å²) in [6.07, 6.45) is 0. The number of likely N-dealkylation sites (N-methyl/N-ethyl adjacent to an activating group) is 1. The van der Waals surface area contributed by atoms with Gasteiger partial charge in [-0.3, -0.25) is 9.69 Å². The van der Waals surface area contributed by atoms with E-state index in [9.17, 15) is 9.59 Å². The molecule has 0 aliphatic rings. The molecule has 0 saturated carbocycles. The maximum Gasteiger partial charge on any atom is 0.340 e. The van der Waals surface area contributed by atoms with Crippen LogP contribution in [0.15, 0.2) is 16.6 Å². The molecule has 8 heteroatoms. The second kappa shape index (κ2) is 8.66. The summed E-state index contributed by atoms with van der Waals surface area (Å²) in [5.41, 5.74) is 2.01. The minimum absolute atomic E-state index is 0.0251. The maximum atomic E-state index is 12.6. The van der Waals surface area contributed by atoms with Crippen molar-refractivity contribution in [2.75, 3.05) is 26.8 Å². The normalized spacial score (nSPS) is 11.2. The highest BCUT2D eigenvalue weighted by Gasteiger charge is 2.24. The fourth-order valence-electron chi connectivity index (χ4n) is 2.84. The molecule has 0 saturated heterocycles. The van der Waals surface area contributed by atoms with E-state index in [1.54, 1.807) is 13.0 Å². The number of hydrogen-bond donors (Lipinski definition) is 1. The summed E-state index contributed by atoms with van der Waals surface area (Å²) in [5.74, 6) is -0.528. The lowest BCUT2D eigenvalue weighted by Crippen LogP contribution is -2.24. The lowest BCUT2D eigenvalue weighted by Gasteiger charge is -2.17. The minimum atomic E-state index is -0.443. The highest BCUT2D eigenvalue weighted by atomic mass is 79.9. The Bertz CT molecular complexity index is 831. The number of aryl methyl sites for hydroxylation is 1. The highest BCUT2D eigenvalue weighted by Crippen LogP contribution is 2.35. The molecule has 142 valence electrons. The SMILES string of the molecule is CCOC(=O)c1c(CN(C)CCO)n(C)c2cc(Br)c(OC(C)=O)cc12. The molecule has 1 heterocycles. The molecule has 0 fully saturated rings. The van der Waals surface area contributed by atoms with Crippen LogP contribution in [0.5, 0.6) is 5.75 Å². The number of benzene rings is 1. The first-order valence-corrected chi connectivity index (χ1v) is 9.05. The van der Waals surface area contributed by atoms with Gasteiger partial charge >= 0.3 is 11.9 Å². The third-order valence-corrected chi connectivity index (χ3v) is 4.63. The summed E-state index contributed by atoms with van der Waals surface area (Å²) >= 11 is 3.41. The summed E-state index contributed by atoms with van der Waals surface area (Å²) in [5, 5.41) is 9.80. The lowest BCUT2D eigenvalue weighted by molar-refractivity contribution is -0.131. The molecule has 0 aliphatic carbocycles. The molecular formula is C18H23BrN2O5. The lowest BCUT2D eigenvalue weighted by atomic mass is 10.1. The molecular weight excluding hydrogens is 404 g/mol. The maximum absolute atomic E-state index is 12.6. The Hall–Kier alpha value is -1.90. The van der Waals surface area contributed by atoms with Crippen molar-refractivity contribution < 1.29 is 24.2 Å². The molecule has 1 N–H and O–H groups in total. The number of carbonyl (C=O) groups is 2. The van der Waals surface area contributed by atoms with Gasteiger partial charge in [0.1, 0.15) is 5.75 Å². The van der Waals surface area contributed by atoms with Crippen LogP contribution in [0.2, 0.25) is 0 Å². The number of esters is 2. The average molecular weight is 427 g/mol. The van der Waals surface area contributed by atoms with Gasteiger partial charge in [-0.1, -0.05) is 0 Å². The van der Waals surface area contributed by atoms with E-state index in [1.807, 2.05) is 29.6 Å². The first-order valence-electron chi connectivity index (χ1n) is 8.25. The molecule has 7 nitrogen and oxygen atoms in total. The molecule has 2 rings (SSSR count). The molecule has 2 aromatic rings. The Balaban J connectivity index is 2.67. The van der Waals surface area contributed by atoms with Crippen molar-refractivity contribution in [1.82, 2.24) is 9.47 Å². The molecule has 0 amide bonds. The van der Waals surface area contributed by atoms with Crippen molar-refractivity contribution in [3.63, 3.8) is 0 Å². The Morgan fingerprint density at radius 2 is 2.04 bits per heavy atom. The average Bonchev–Trinajstić information content (AvgIpc) is 2.80. The number of aliphatic hydroxyl groups excluding tert-OH is 1. The predicted molar refractivity (Wildman–Crippen MR) is 101 cm³/mol. The zero-order valence-electron chi connectivity index (χ0n) is 15.3. The first-order chi connectivity index (χ1) is 12.3. The fourth-order valence-corrected chi connectivity index (χ4v) is 3.26. The molecule has 0 spiro atoms. The molecule has 0 unspecified atom stereocenters. The number of aliphatic hydroxyl groups is 1. The number of hydrogen-bond acceptors (Lipinski definition) is 6. The van der Waals surface area contributed by atoms with Gasteiger partial charge in [0.25, 0.3) is 0 Å². The number of fused-ring (bicyclic) bond motifs is 1. The van der Waals surface area contributed by atoms with E-state index in [4.69, 9.17) is 14.6 Å². The monoisotopic (exact) mass is 426 g/mol. The van der Waals surface area contributed by atoms with Crippen molar-refractivity contribution >= 4 is 38.8 Å². The Kier molecular flexibility index (Phi) is 6.80. The predicted octanol–water partition coefficient (Wildman–Crippen LogP) is 2.47. The van der Waals surface area contributed by atoms with Crippen molar-refractivity contribution in [3.05, 3.63) is 27.9 Å². The van der Waals surface area contributed by atoms with Crippen LogP contribution in [0.4, 0.5) is 0 Å². The van der Waals surface area contributed by atoms with Gasteiger partial charge in [0.15, 0.2) is 0 Å². The number of nitrogens with zero attached hydrogens (tertiary/aromatic N) is 2. The quantitative estimate of drug-likeness (QED) is 0.540.